The molecule has 1 aromatic carbocycles. The molecule has 0 amide bonds. The molecule has 3 N–H and O–H groups in total. The zero-order valence-corrected chi connectivity index (χ0v) is 12.1. The number of benzene rings is 1. The van der Waals surface area contributed by atoms with Crippen LogP contribution in [0.1, 0.15) is 12.5 Å². The average Bonchev–Trinajstić information content (AvgIpc) is 3.15. The van der Waals surface area contributed by atoms with Crippen molar-refractivity contribution in [3.8, 4) is 23.1 Å². The van der Waals surface area contributed by atoms with Gasteiger partial charge in [-0.1, -0.05) is 6.07 Å². The summed E-state index contributed by atoms with van der Waals surface area (Å²) < 4.78 is 16.4. The van der Waals surface area contributed by atoms with Gasteiger partial charge in [0.15, 0.2) is 0 Å². The molecule has 0 bridgehead atoms. The van der Waals surface area contributed by atoms with E-state index in [2.05, 4.69) is 0 Å². The highest BCUT2D eigenvalue weighted by Gasteiger charge is 2.34. The van der Waals surface area contributed by atoms with Crippen molar-refractivity contribution < 1.29 is 18.8 Å². The van der Waals surface area contributed by atoms with E-state index >= 15 is 0 Å². The highest BCUT2D eigenvalue weighted by Crippen LogP contribution is 2.32. The van der Waals surface area contributed by atoms with E-state index in [4.69, 9.17) is 24.8 Å². The second-order valence-corrected chi connectivity index (χ2v) is 5.47. The number of rotatable bonds is 4. The summed E-state index contributed by atoms with van der Waals surface area (Å²) in [7, 11) is -1.03. The monoisotopic (exact) mass is 298 g/mol. The lowest BCUT2D eigenvalue weighted by molar-refractivity contribution is 0.265. The molecule has 0 aliphatic carbocycles. The Balaban J connectivity index is 2.04. The van der Waals surface area contributed by atoms with E-state index in [0.717, 1.165) is 5.56 Å². The van der Waals surface area contributed by atoms with Crippen molar-refractivity contribution >= 4 is 12.6 Å². The van der Waals surface area contributed by atoms with Gasteiger partial charge in [0.2, 0.25) is 0 Å². The Bertz CT molecular complexity index is 722. The van der Waals surface area contributed by atoms with E-state index in [-0.39, 0.29) is 6.61 Å². The first-order chi connectivity index (χ1) is 10.5. The summed E-state index contributed by atoms with van der Waals surface area (Å²) in [5, 5.41) is 19.1. The fourth-order valence-corrected chi connectivity index (χ4v) is 2.36. The molecule has 0 spiro atoms. The Labute approximate surface area is 128 Å². The van der Waals surface area contributed by atoms with Gasteiger partial charge in [-0.25, -0.2) is 0 Å². The van der Waals surface area contributed by atoms with E-state index in [1.54, 1.807) is 31.4 Å². The van der Waals surface area contributed by atoms with Crippen LogP contribution in [0.5, 0.6) is 5.75 Å². The quantitative estimate of drug-likeness (QED) is 0.809. The molecule has 2 aromatic rings. The number of hydrogen-bond donors (Lipinski definition) is 2. The summed E-state index contributed by atoms with van der Waals surface area (Å²) in [5.74, 6) is 1.05. The molecule has 7 heteroatoms. The minimum Gasteiger partial charge on any atom is -0.490 e. The molecule has 22 heavy (non-hydrogen) atoms. The van der Waals surface area contributed by atoms with Gasteiger partial charge in [-0.05, 0) is 30.7 Å². The van der Waals surface area contributed by atoms with Gasteiger partial charge in [0.25, 0.3) is 0 Å². The van der Waals surface area contributed by atoms with Gasteiger partial charge in [-0.3, -0.25) is 0 Å². The van der Waals surface area contributed by atoms with Crippen LogP contribution in [0.3, 0.4) is 0 Å². The van der Waals surface area contributed by atoms with Crippen molar-refractivity contribution in [3.05, 3.63) is 36.1 Å². The molecule has 2 heterocycles. The molecule has 0 radical (unpaired) electrons. The van der Waals surface area contributed by atoms with Crippen molar-refractivity contribution in [3.63, 3.8) is 0 Å². The number of ether oxygens (including phenoxy) is 1. The van der Waals surface area contributed by atoms with Crippen LogP contribution in [0.15, 0.2) is 34.9 Å². The second-order valence-electron chi connectivity index (χ2n) is 5.47. The van der Waals surface area contributed by atoms with Gasteiger partial charge in [-0.2, -0.15) is 5.26 Å². The van der Waals surface area contributed by atoms with Crippen molar-refractivity contribution in [1.82, 2.24) is 0 Å². The summed E-state index contributed by atoms with van der Waals surface area (Å²) in [6, 6.07) is 9.11. The van der Waals surface area contributed by atoms with Crippen molar-refractivity contribution in [2.45, 2.75) is 19.1 Å². The number of nitrogens with zero attached hydrogens (tertiary/aromatic N) is 1. The van der Waals surface area contributed by atoms with Crippen LogP contribution in [-0.2, 0) is 11.3 Å². The standard InChI is InChI=1S/C15H15BN2O4/c1-15(18,8-17)9-21-12-5-4-10-7-22-16(19)14(10)13(12)11-3-2-6-20-11/h2-6,19H,7,9,18H2,1H3/t15-/m1/s1. The molecular weight excluding hydrogens is 283 g/mol. The van der Waals surface area contributed by atoms with E-state index in [1.165, 1.54) is 0 Å². The highest BCUT2D eigenvalue weighted by molar-refractivity contribution is 6.63. The Morgan fingerprint density at radius 2 is 2.32 bits per heavy atom. The first-order valence-electron chi connectivity index (χ1n) is 6.84. The molecule has 1 aliphatic heterocycles. The molecule has 0 unspecified atom stereocenters. The predicted octanol–water partition coefficient (Wildman–Crippen LogP) is 0.784. The highest BCUT2D eigenvalue weighted by atomic mass is 16.5. The molecule has 1 atom stereocenters. The summed E-state index contributed by atoms with van der Waals surface area (Å²) in [4.78, 5) is 0. The third-order valence-corrected chi connectivity index (χ3v) is 3.49. The number of furan rings is 1. The number of hydrogen-bond acceptors (Lipinski definition) is 6. The molecule has 112 valence electrons. The van der Waals surface area contributed by atoms with Gasteiger partial charge < -0.3 is 24.6 Å². The van der Waals surface area contributed by atoms with Crippen LogP contribution in [0.4, 0.5) is 0 Å². The molecule has 6 nitrogen and oxygen atoms in total. The SMILES string of the molecule is C[C@@](N)(C#N)COc1ccc2c(c1-c1ccco1)B(O)OC2. The zero-order chi connectivity index (χ0) is 15.7. The van der Waals surface area contributed by atoms with Crippen LogP contribution >= 0.6 is 0 Å². The third kappa shape index (κ3) is 2.60. The largest absolute Gasteiger partial charge is 0.492 e. The molecule has 0 saturated carbocycles. The van der Waals surface area contributed by atoms with Crippen LogP contribution < -0.4 is 15.9 Å². The van der Waals surface area contributed by atoms with Crippen LogP contribution in [0, 0.1) is 11.3 Å². The molecule has 0 saturated heterocycles. The maximum atomic E-state index is 10.1. The van der Waals surface area contributed by atoms with Crippen LogP contribution in [-0.4, -0.2) is 24.3 Å². The fraction of sp³-hybridized carbons (Fsp3) is 0.267. The lowest BCUT2D eigenvalue weighted by Crippen LogP contribution is -2.41. The normalized spacial score (nSPS) is 16.0. The van der Waals surface area contributed by atoms with E-state index in [1.807, 2.05) is 12.1 Å². The maximum absolute atomic E-state index is 10.1. The van der Waals surface area contributed by atoms with Crippen molar-refractivity contribution in [1.29, 1.82) is 5.26 Å². The Morgan fingerprint density at radius 1 is 1.50 bits per heavy atom. The van der Waals surface area contributed by atoms with Gasteiger partial charge in [0, 0.05) is 5.46 Å². The minimum absolute atomic E-state index is 0.0208. The van der Waals surface area contributed by atoms with E-state index < -0.39 is 12.7 Å². The van der Waals surface area contributed by atoms with Gasteiger partial charge in [-0.15, -0.1) is 0 Å². The van der Waals surface area contributed by atoms with Crippen molar-refractivity contribution in [2.24, 2.45) is 5.73 Å². The summed E-state index contributed by atoms with van der Waals surface area (Å²) in [5.41, 5.74) is 6.82. The topological polar surface area (TPSA) is 102 Å². The summed E-state index contributed by atoms with van der Waals surface area (Å²) in [6.07, 6.45) is 1.54. The lowest BCUT2D eigenvalue weighted by atomic mass is 9.75. The first-order valence-corrected chi connectivity index (χ1v) is 6.84. The Morgan fingerprint density at radius 3 is 3.00 bits per heavy atom. The zero-order valence-electron chi connectivity index (χ0n) is 12.1. The predicted molar refractivity (Wildman–Crippen MR) is 80.2 cm³/mol. The number of nitrogens with two attached hydrogens (primary N) is 1. The third-order valence-electron chi connectivity index (χ3n) is 3.49. The second kappa shape index (κ2) is 5.50. The van der Waals surface area contributed by atoms with Gasteiger partial charge in [0.1, 0.15) is 23.7 Å². The van der Waals surface area contributed by atoms with Crippen LogP contribution in [0.2, 0.25) is 0 Å². The number of nitriles is 1. The van der Waals surface area contributed by atoms with Gasteiger partial charge in [0.05, 0.1) is 24.5 Å². The fourth-order valence-electron chi connectivity index (χ4n) is 2.36. The van der Waals surface area contributed by atoms with Gasteiger partial charge >= 0.3 is 7.12 Å². The van der Waals surface area contributed by atoms with E-state index in [0.29, 0.717) is 29.1 Å². The molecule has 3 rings (SSSR count). The van der Waals surface area contributed by atoms with E-state index in [9.17, 15) is 5.02 Å². The smallest absolute Gasteiger partial charge is 0.490 e. The first kappa shape index (κ1) is 14.7. The summed E-state index contributed by atoms with van der Waals surface area (Å²) >= 11 is 0. The minimum atomic E-state index is -1.10. The average molecular weight is 298 g/mol. The van der Waals surface area contributed by atoms with Crippen LogP contribution in [0.25, 0.3) is 11.3 Å². The molecular formula is C15H15BN2O4. The number of fused-ring (bicyclic) bond motifs is 1. The molecule has 0 fully saturated rings. The van der Waals surface area contributed by atoms with Crippen molar-refractivity contribution in [2.75, 3.05) is 6.61 Å². The molecule has 1 aromatic heterocycles. The lowest BCUT2D eigenvalue weighted by Gasteiger charge is -2.19. The Kier molecular flexibility index (Phi) is 3.67. The maximum Gasteiger partial charge on any atom is 0.492 e. The summed E-state index contributed by atoms with van der Waals surface area (Å²) in [6.45, 7) is 1.94. The Hall–Kier alpha value is -2.27. The molecule has 1 aliphatic rings.